The summed E-state index contributed by atoms with van der Waals surface area (Å²) < 4.78 is 10.7. The van der Waals surface area contributed by atoms with Crippen molar-refractivity contribution in [2.24, 2.45) is 0 Å². The van der Waals surface area contributed by atoms with Gasteiger partial charge in [0.05, 0.1) is 0 Å². The number of benzene rings is 1. The van der Waals surface area contributed by atoms with Crippen LogP contribution in [0.25, 0.3) is 0 Å². The highest BCUT2D eigenvalue weighted by Crippen LogP contribution is 2.49. The van der Waals surface area contributed by atoms with E-state index in [2.05, 4.69) is 0 Å². The number of aryl methyl sites for hydroxylation is 1. The Morgan fingerprint density at radius 2 is 1.69 bits per heavy atom. The second-order valence-corrected chi connectivity index (χ2v) is 4.54. The SMILES string of the molecule is Cc1ccc(C(O)P(=O)(O)O)cc1. The van der Waals surface area contributed by atoms with E-state index in [9.17, 15) is 9.67 Å². The molecule has 0 saturated heterocycles. The molecule has 0 radical (unpaired) electrons. The average Bonchev–Trinajstić information content (AvgIpc) is 2.03. The van der Waals surface area contributed by atoms with Crippen molar-refractivity contribution in [2.45, 2.75) is 12.8 Å². The first kappa shape index (κ1) is 10.4. The average molecular weight is 202 g/mol. The third kappa shape index (κ3) is 2.64. The minimum Gasteiger partial charge on any atom is -0.376 e. The normalized spacial score (nSPS) is 14.2. The van der Waals surface area contributed by atoms with Crippen LogP contribution in [0.1, 0.15) is 17.0 Å². The van der Waals surface area contributed by atoms with Gasteiger partial charge in [-0.2, -0.15) is 0 Å². The summed E-state index contributed by atoms with van der Waals surface area (Å²) >= 11 is 0. The Morgan fingerprint density at radius 3 is 2.08 bits per heavy atom. The van der Waals surface area contributed by atoms with Crippen molar-refractivity contribution in [1.29, 1.82) is 0 Å². The van der Waals surface area contributed by atoms with Gasteiger partial charge in [0.25, 0.3) is 0 Å². The van der Waals surface area contributed by atoms with Crippen LogP contribution in [0.3, 0.4) is 0 Å². The summed E-state index contributed by atoms with van der Waals surface area (Å²) in [4.78, 5) is 17.3. The fourth-order valence-corrected chi connectivity index (χ4v) is 1.49. The molecule has 1 unspecified atom stereocenters. The van der Waals surface area contributed by atoms with Crippen LogP contribution >= 0.6 is 7.60 Å². The zero-order valence-corrected chi connectivity index (χ0v) is 7.98. The van der Waals surface area contributed by atoms with Gasteiger partial charge in [0.2, 0.25) is 0 Å². The summed E-state index contributed by atoms with van der Waals surface area (Å²) in [5, 5.41) is 9.18. The van der Waals surface area contributed by atoms with E-state index in [1.165, 1.54) is 12.1 Å². The lowest BCUT2D eigenvalue weighted by molar-refractivity contribution is 0.205. The summed E-state index contributed by atoms with van der Waals surface area (Å²) in [5.41, 5.74) is 1.21. The first-order valence-electron chi connectivity index (χ1n) is 3.71. The van der Waals surface area contributed by atoms with Gasteiger partial charge in [-0.05, 0) is 12.5 Å². The van der Waals surface area contributed by atoms with Gasteiger partial charge >= 0.3 is 7.60 Å². The van der Waals surface area contributed by atoms with Crippen LogP contribution in [-0.4, -0.2) is 14.9 Å². The maximum absolute atomic E-state index is 10.7. The first-order chi connectivity index (χ1) is 5.91. The maximum Gasteiger partial charge on any atom is 0.358 e. The predicted octanol–water partition coefficient (Wildman–Crippen LogP) is 1.16. The van der Waals surface area contributed by atoms with E-state index in [1.807, 2.05) is 6.92 Å². The molecule has 0 spiro atoms. The number of hydrogen-bond donors (Lipinski definition) is 3. The van der Waals surface area contributed by atoms with Crippen LogP contribution in [0, 0.1) is 6.92 Å². The first-order valence-corrected chi connectivity index (χ1v) is 5.39. The zero-order valence-electron chi connectivity index (χ0n) is 7.08. The summed E-state index contributed by atoms with van der Waals surface area (Å²) in [6, 6.07) is 6.38. The highest BCUT2D eigenvalue weighted by Gasteiger charge is 2.27. The van der Waals surface area contributed by atoms with Gasteiger partial charge in [-0.3, -0.25) is 4.57 Å². The van der Waals surface area contributed by atoms with Crippen molar-refractivity contribution < 1.29 is 19.5 Å². The molecular weight excluding hydrogens is 191 g/mol. The Bertz CT molecular complexity index is 327. The third-order valence-corrected chi connectivity index (χ3v) is 2.63. The lowest BCUT2D eigenvalue weighted by atomic mass is 10.2. The quantitative estimate of drug-likeness (QED) is 0.629. The molecule has 0 heterocycles. The molecule has 0 aliphatic rings. The number of aliphatic hydroxyl groups excluding tert-OH is 1. The minimum atomic E-state index is -4.44. The standard InChI is InChI=1S/C8H11O4P/c1-6-2-4-7(5-3-6)8(9)13(10,11)12/h2-5,8-9H,1H3,(H2,10,11,12). The summed E-state index contributed by atoms with van der Waals surface area (Å²) in [7, 11) is -4.44. The van der Waals surface area contributed by atoms with E-state index in [-0.39, 0.29) is 5.56 Å². The molecule has 3 N–H and O–H groups in total. The van der Waals surface area contributed by atoms with E-state index in [0.717, 1.165) is 5.56 Å². The highest BCUT2D eigenvalue weighted by atomic mass is 31.2. The highest BCUT2D eigenvalue weighted by molar-refractivity contribution is 7.51. The maximum atomic E-state index is 10.7. The molecule has 0 aliphatic heterocycles. The smallest absolute Gasteiger partial charge is 0.358 e. The van der Waals surface area contributed by atoms with E-state index < -0.39 is 13.4 Å². The molecule has 0 amide bonds. The molecule has 1 rings (SSSR count). The second kappa shape index (κ2) is 3.60. The van der Waals surface area contributed by atoms with Crippen LogP contribution in [0.15, 0.2) is 24.3 Å². The number of aliphatic hydroxyl groups is 1. The molecule has 1 atom stereocenters. The molecule has 0 bridgehead atoms. The molecule has 72 valence electrons. The lowest BCUT2D eigenvalue weighted by Gasteiger charge is -2.12. The molecule has 0 aromatic heterocycles. The van der Waals surface area contributed by atoms with E-state index in [4.69, 9.17) is 9.79 Å². The molecule has 5 heteroatoms. The Balaban J connectivity index is 2.97. The lowest BCUT2D eigenvalue weighted by Crippen LogP contribution is -1.97. The van der Waals surface area contributed by atoms with Gasteiger partial charge in [0, 0.05) is 0 Å². The fourth-order valence-electron chi connectivity index (χ4n) is 0.933. The molecule has 0 saturated carbocycles. The van der Waals surface area contributed by atoms with E-state index in [1.54, 1.807) is 12.1 Å². The second-order valence-electron chi connectivity index (χ2n) is 2.87. The van der Waals surface area contributed by atoms with Gasteiger partial charge in [-0.1, -0.05) is 29.8 Å². The van der Waals surface area contributed by atoms with Gasteiger partial charge in [-0.25, -0.2) is 0 Å². The number of rotatable bonds is 2. The molecule has 13 heavy (non-hydrogen) atoms. The van der Waals surface area contributed by atoms with Gasteiger partial charge in [-0.15, -0.1) is 0 Å². The summed E-state index contributed by atoms with van der Waals surface area (Å²) in [6.07, 6.45) is 0. The number of hydrogen-bond acceptors (Lipinski definition) is 2. The van der Waals surface area contributed by atoms with Crippen molar-refractivity contribution in [1.82, 2.24) is 0 Å². The Kier molecular flexibility index (Phi) is 2.88. The van der Waals surface area contributed by atoms with Crippen LogP contribution in [0.2, 0.25) is 0 Å². The summed E-state index contributed by atoms with van der Waals surface area (Å²) in [5.74, 6) is -1.71. The minimum absolute atomic E-state index is 0.235. The van der Waals surface area contributed by atoms with Crippen molar-refractivity contribution >= 4 is 7.60 Å². The van der Waals surface area contributed by atoms with Crippen molar-refractivity contribution in [2.75, 3.05) is 0 Å². The molecule has 4 nitrogen and oxygen atoms in total. The summed E-state index contributed by atoms with van der Waals surface area (Å²) in [6.45, 7) is 1.85. The zero-order chi connectivity index (χ0) is 10.1. The van der Waals surface area contributed by atoms with Crippen LogP contribution < -0.4 is 0 Å². The van der Waals surface area contributed by atoms with Gasteiger partial charge in [0.1, 0.15) is 0 Å². The van der Waals surface area contributed by atoms with Crippen molar-refractivity contribution in [3.63, 3.8) is 0 Å². The topological polar surface area (TPSA) is 77.8 Å². The largest absolute Gasteiger partial charge is 0.376 e. The van der Waals surface area contributed by atoms with Gasteiger partial charge < -0.3 is 14.9 Å². The van der Waals surface area contributed by atoms with Crippen LogP contribution in [0.4, 0.5) is 0 Å². The molecule has 0 aliphatic carbocycles. The molecule has 0 fully saturated rings. The van der Waals surface area contributed by atoms with E-state index in [0.29, 0.717) is 0 Å². The fraction of sp³-hybridized carbons (Fsp3) is 0.250. The van der Waals surface area contributed by atoms with Gasteiger partial charge in [0.15, 0.2) is 5.85 Å². The van der Waals surface area contributed by atoms with Crippen molar-refractivity contribution in [3.05, 3.63) is 35.4 Å². The third-order valence-electron chi connectivity index (χ3n) is 1.69. The van der Waals surface area contributed by atoms with Crippen LogP contribution in [-0.2, 0) is 4.57 Å². The van der Waals surface area contributed by atoms with Crippen molar-refractivity contribution in [3.8, 4) is 0 Å². The Morgan fingerprint density at radius 1 is 1.23 bits per heavy atom. The molecule has 1 aromatic carbocycles. The predicted molar refractivity (Wildman–Crippen MR) is 48.2 cm³/mol. The molecular formula is C8H11O4P. The monoisotopic (exact) mass is 202 g/mol. The van der Waals surface area contributed by atoms with Crippen LogP contribution in [0.5, 0.6) is 0 Å². The Hall–Kier alpha value is -0.670. The van der Waals surface area contributed by atoms with E-state index >= 15 is 0 Å². The Labute approximate surface area is 76.0 Å². The molecule has 1 aromatic rings.